The number of rotatable bonds is 7. The molecule has 5 heteroatoms. The number of ether oxygens (including phenoxy) is 2. The Morgan fingerprint density at radius 1 is 1.22 bits per heavy atom. The fraction of sp³-hybridized carbons (Fsp3) is 0.318. The molecular weight excluding hydrogens is 364 g/mol. The van der Waals surface area contributed by atoms with Gasteiger partial charge in [0, 0.05) is 12.0 Å². The van der Waals surface area contributed by atoms with Crippen LogP contribution in [0, 0.1) is 18.8 Å². The van der Waals surface area contributed by atoms with Gasteiger partial charge in [-0.05, 0) is 56.2 Å². The van der Waals surface area contributed by atoms with Crippen LogP contribution in [0.4, 0.5) is 0 Å². The van der Waals surface area contributed by atoms with Crippen LogP contribution in [0.5, 0.6) is 5.75 Å². The SMILES string of the molecule is Cc1ccc(C#CCOc2cccc(C[C@H](OC(C)C)C(=O)O)c2)c(Cl)c1. The maximum atomic E-state index is 11.3. The van der Waals surface area contributed by atoms with E-state index < -0.39 is 12.1 Å². The average molecular weight is 387 g/mol. The zero-order valence-corrected chi connectivity index (χ0v) is 16.4. The maximum absolute atomic E-state index is 11.3. The number of halogens is 1. The monoisotopic (exact) mass is 386 g/mol. The van der Waals surface area contributed by atoms with Crippen molar-refractivity contribution in [2.24, 2.45) is 0 Å². The highest BCUT2D eigenvalue weighted by Gasteiger charge is 2.20. The van der Waals surface area contributed by atoms with Crippen LogP contribution < -0.4 is 4.74 Å². The van der Waals surface area contributed by atoms with Crippen LogP contribution in [-0.2, 0) is 16.0 Å². The first kappa shape index (κ1) is 20.8. The van der Waals surface area contributed by atoms with Gasteiger partial charge in [-0.25, -0.2) is 4.79 Å². The highest BCUT2D eigenvalue weighted by Crippen LogP contribution is 2.17. The van der Waals surface area contributed by atoms with Crippen LogP contribution in [0.2, 0.25) is 5.02 Å². The minimum atomic E-state index is -0.976. The van der Waals surface area contributed by atoms with Gasteiger partial charge in [-0.15, -0.1) is 0 Å². The molecule has 0 bridgehead atoms. The van der Waals surface area contributed by atoms with E-state index >= 15 is 0 Å². The second-order valence-electron chi connectivity index (χ2n) is 6.44. The number of hydrogen-bond acceptors (Lipinski definition) is 3. The van der Waals surface area contributed by atoms with Crippen molar-refractivity contribution in [3.05, 3.63) is 64.2 Å². The molecule has 0 aliphatic heterocycles. The second kappa shape index (κ2) is 10.0. The first-order chi connectivity index (χ1) is 12.8. The van der Waals surface area contributed by atoms with Crippen LogP contribution >= 0.6 is 11.6 Å². The number of benzene rings is 2. The summed E-state index contributed by atoms with van der Waals surface area (Å²) in [5.74, 6) is 5.58. The molecule has 0 fully saturated rings. The van der Waals surface area contributed by atoms with Crippen molar-refractivity contribution in [1.29, 1.82) is 0 Å². The van der Waals surface area contributed by atoms with Gasteiger partial charge >= 0.3 is 5.97 Å². The molecule has 0 heterocycles. The van der Waals surface area contributed by atoms with Gasteiger partial charge in [0.1, 0.15) is 12.4 Å². The fourth-order valence-corrected chi connectivity index (χ4v) is 2.75. The van der Waals surface area contributed by atoms with E-state index in [1.54, 1.807) is 6.07 Å². The highest BCUT2D eigenvalue weighted by molar-refractivity contribution is 6.31. The molecule has 0 unspecified atom stereocenters. The van der Waals surface area contributed by atoms with Crippen molar-refractivity contribution < 1.29 is 19.4 Å². The molecule has 0 aliphatic rings. The Morgan fingerprint density at radius 2 is 2.00 bits per heavy atom. The summed E-state index contributed by atoms with van der Waals surface area (Å²) in [6.45, 7) is 5.81. The standard InChI is InChI=1S/C22H23ClO4/c1-15(2)27-21(22(24)25)14-17-6-4-8-19(13-17)26-11-5-7-18-10-9-16(3)12-20(18)23/h4,6,8-10,12-13,15,21H,11,14H2,1-3H3,(H,24,25)/t21-/m0/s1. The zero-order chi connectivity index (χ0) is 19.8. The summed E-state index contributed by atoms with van der Waals surface area (Å²) >= 11 is 6.15. The Morgan fingerprint density at radius 3 is 2.67 bits per heavy atom. The first-order valence-electron chi connectivity index (χ1n) is 8.70. The van der Waals surface area contributed by atoms with E-state index in [1.165, 1.54) is 0 Å². The smallest absolute Gasteiger partial charge is 0.333 e. The van der Waals surface area contributed by atoms with E-state index in [9.17, 15) is 9.90 Å². The van der Waals surface area contributed by atoms with Crippen LogP contribution in [0.25, 0.3) is 0 Å². The molecule has 0 aromatic heterocycles. The Bertz CT molecular complexity index is 849. The van der Waals surface area contributed by atoms with Gasteiger partial charge in [-0.2, -0.15) is 0 Å². The lowest BCUT2D eigenvalue weighted by Gasteiger charge is -2.16. The van der Waals surface area contributed by atoms with Crippen molar-refractivity contribution in [3.8, 4) is 17.6 Å². The number of carboxylic acids is 1. The molecule has 0 saturated carbocycles. The minimum absolute atomic E-state index is 0.158. The zero-order valence-electron chi connectivity index (χ0n) is 15.7. The van der Waals surface area contributed by atoms with Crippen molar-refractivity contribution in [1.82, 2.24) is 0 Å². The van der Waals surface area contributed by atoms with Gasteiger partial charge in [0.05, 0.1) is 11.1 Å². The normalized spacial score (nSPS) is 11.6. The number of aliphatic carboxylic acids is 1. The molecule has 0 aliphatic carbocycles. The topological polar surface area (TPSA) is 55.8 Å². The lowest BCUT2D eigenvalue weighted by molar-refractivity contribution is -0.153. The summed E-state index contributed by atoms with van der Waals surface area (Å²) < 4.78 is 11.1. The highest BCUT2D eigenvalue weighted by atomic mass is 35.5. The molecule has 0 radical (unpaired) electrons. The van der Waals surface area contributed by atoms with Gasteiger partial charge < -0.3 is 14.6 Å². The summed E-state index contributed by atoms with van der Waals surface area (Å²) in [5, 5.41) is 9.91. The largest absolute Gasteiger partial charge is 0.481 e. The molecule has 0 spiro atoms. The number of aryl methyl sites for hydroxylation is 1. The Balaban J connectivity index is 1.97. The fourth-order valence-electron chi connectivity index (χ4n) is 2.47. The third-order valence-electron chi connectivity index (χ3n) is 3.69. The number of hydrogen-bond donors (Lipinski definition) is 1. The van der Waals surface area contributed by atoms with Crippen molar-refractivity contribution in [2.45, 2.75) is 39.4 Å². The van der Waals surface area contributed by atoms with Gasteiger partial charge in [0.2, 0.25) is 0 Å². The number of carbonyl (C=O) groups is 1. The third kappa shape index (κ3) is 6.97. The molecule has 1 N–H and O–H groups in total. The Kier molecular flexibility index (Phi) is 7.72. The second-order valence-corrected chi connectivity index (χ2v) is 6.84. The van der Waals surface area contributed by atoms with Gasteiger partial charge in [0.25, 0.3) is 0 Å². The lowest BCUT2D eigenvalue weighted by Crippen LogP contribution is -2.29. The predicted octanol–water partition coefficient (Wildman–Crippen LogP) is 4.50. The molecule has 27 heavy (non-hydrogen) atoms. The van der Waals surface area contributed by atoms with Gasteiger partial charge in [-0.1, -0.05) is 41.6 Å². The van der Waals surface area contributed by atoms with E-state index in [2.05, 4.69) is 11.8 Å². The molecule has 2 aromatic carbocycles. The summed E-state index contributed by atoms with van der Waals surface area (Å²) in [6.07, 6.45) is -0.770. The third-order valence-corrected chi connectivity index (χ3v) is 4.00. The maximum Gasteiger partial charge on any atom is 0.333 e. The van der Waals surface area contributed by atoms with E-state index in [4.69, 9.17) is 21.1 Å². The molecule has 142 valence electrons. The summed E-state index contributed by atoms with van der Waals surface area (Å²) in [6, 6.07) is 13.0. The summed E-state index contributed by atoms with van der Waals surface area (Å²) in [7, 11) is 0. The van der Waals surface area contributed by atoms with Crippen molar-refractivity contribution in [3.63, 3.8) is 0 Å². The van der Waals surface area contributed by atoms with E-state index in [0.29, 0.717) is 10.8 Å². The summed E-state index contributed by atoms with van der Waals surface area (Å²) in [5.41, 5.74) is 2.67. The van der Waals surface area contributed by atoms with Gasteiger partial charge in [-0.3, -0.25) is 0 Å². The molecule has 0 amide bonds. The van der Waals surface area contributed by atoms with Crippen molar-refractivity contribution in [2.75, 3.05) is 6.61 Å². The lowest BCUT2D eigenvalue weighted by atomic mass is 10.1. The summed E-state index contributed by atoms with van der Waals surface area (Å²) in [4.78, 5) is 11.3. The van der Waals surface area contributed by atoms with Crippen LogP contribution in [0.15, 0.2) is 42.5 Å². The number of carboxylic acid groups (broad SMARTS) is 1. The average Bonchev–Trinajstić information content (AvgIpc) is 2.59. The Labute approximate surface area is 165 Å². The van der Waals surface area contributed by atoms with E-state index in [1.807, 2.05) is 57.2 Å². The van der Waals surface area contributed by atoms with Gasteiger partial charge in [0.15, 0.2) is 6.10 Å². The van der Waals surface area contributed by atoms with E-state index in [-0.39, 0.29) is 19.1 Å². The van der Waals surface area contributed by atoms with Crippen LogP contribution in [-0.4, -0.2) is 29.9 Å². The van der Waals surface area contributed by atoms with E-state index in [0.717, 1.165) is 16.7 Å². The first-order valence-corrected chi connectivity index (χ1v) is 9.08. The van der Waals surface area contributed by atoms with Crippen molar-refractivity contribution >= 4 is 17.6 Å². The van der Waals surface area contributed by atoms with Crippen LogP contribution in [0.3, 0.4) is 0 Å². The predicted molar refractivity (Wildman–Crippen MR) is 106 cm³/mol. The minimum Gasteiger partial charge on any atom is -0.481 e. The molecule has 4 nitrogen and oxygen atoms in total. The molecule has 2 aromatic rings. The molecular formula is C22H23ClO4. The molecule has 2 rings (SSSR count). The Hall–Kier alpha value is -2.48. The quantitative estimate of drug-likeness (QED) is 0.712. The molecule has 1 atom stereocenters. The van der Waals surface area contributed by atoms with Crippen LogP contribution in [0.1, 0.15) is 30.5 Å². The molecule has 0 saturated heterocycles.